The quantitative estimate of drug-likeness (QED) is 0.820. The molecule has 1 heterocycles. The van der Waals surface area contributed by atoms with E-state index in [4.69, 9.17) is 9.15 Å². The maximum absolute atomic E-state index is 9.60. The number of aliphatic hydroxyl groups excluding tert-OH is 1. The van der Waals surface area contributed by atoms with Crippen molar-refractivity contribution in [2.24, 2.45) is 0 Å². The molecule has 0 fully saturated rings. The fraction of sp³-hybridized carbons (Fsp3) is 0.200. The van der Waals surface area contributed by atoms with Crippen LogP contribution in [0.5, 0.6) is 5.75 Å². The van der Waals surface area contributed by atoms with E-state index in [1.807, 2.05) is 37.3 Å². The highest BCUT2D eigenvalue weighted by Crippen LogP contribution is 2.22. The second-order valence-corrected chi connectivity index (χ2v) is 4.04. The molecule has 0 bridgehead atoms. The molecule has 0 spiro atoms. The molecule has 1 unspecified atom stereocenters. The summed E-state index contributed by atoms with van der Waals surface area (Å²) in [5.74, 6) is 2.00. The lowest BCUT2D eigenvalue weighted by atomic mass is 10.2. The van der Waals surface area contributed by atoms with E-state index in [1.54, 1.807) is 6.07 Å². The van der Waals surface area contributed by atoms with Gasteiger partial charge in [-0.05, 0) is 30.7 Å². The molecule has 0 radical (unpaired) electrons. The van der Waals surface area contributed by atoms with E-state index in [1.165, 1.54) is 6.08 Å². The van der Waals surface area contributed by atoms with Crippen LogP contribution in [-0.4, -0.2) is 5.11 Å². The molecule has 1 N–H and O–H groups in total. The predicted octanol–water partition coefficient (Wildman–Crippen LogP) is 3.39. The van der Waals surface area contributed by atoms with Crippen molar-refractivity contribution in [1.82, 2.24) is 0 Å². The van der Waals surface area contributed by atoms with Crippen LogP contribution in [0.2, 0.25) is 0 Å². The SMILES string of the molecule is C=CC(O)c1cc(C)c(COc2ccccc2)o1. The van der Waals surface area contributed by atoms with Gasteiger partial charge in [-0.3, -0.25) is 0 Å². The minimum Gasteiger partial charge on any atom is -0.486 e. The monoisotopic (exact) mass is 244 g/mol. The molecule has 0 amide bonds. The van der Waals surface area contributed by atoms with Crippen LogP contribution in [0.4, 0.5) is 0 Å². The first kappa shape index (κ1) is 12.5. The number of ether oxygens (including phenoxy) is 1. The van der Waals surface area contributed by atoms with Gasteiger partial charge in [0.2, 0.25) is 0 Å². The highest BCUT2D eigenvalue weighted by molar-refractivity contribution is 5.24. The summed E-state index contributed by atoms with van der Waals surface area (Å²) in [6.45, 7) is 5.80. The topological polar surface area (TPSA) is 42.6 Å². The van der Waals surface area contributed by atoms with Crippen LogP contribution in [0.15, 0.2) is 53.5 Å². The molecule has 94 valence electrons. The molecule has 1 aromatic heterocycles. The third-order valence-electron chi connectivity index (χ3n) is 2.67. The van der Waals surface area contributed by atoms with Gasteiger partial charge < -0.3 is 14.3 Å². The Balaban J connectivity index is 2.06. The number of hydrogen-bond acceptors (Lipinski definition) is 3. The Morgan fingerprint density at radius 3 is 2.78 bits per heavy atom. The molecule has 3 nitrogen and oxygen atoms in total. The fourth-order valence-corrected chi connectivity index (χ4v) is 1.62. The number of rotatable bonds is 5. The molecule has 0 aliphatic heterocycles. The van der Waals surface area contributed by atoms with Gasteiger partial charge in [-0.1, -0.05) is 24.3 Å². The average molecular weight is 244 g/mol. The van der Waals surface area contributed by atoms with Gasteiger partial charge in [0.05, 0.1) is 0 Å². The van der Waals surface area contributed by atoms with E-state index < -0.39 is 6.10 Å². The maximum Gasteiger partial charge on any atom is 0.146 e. The van der Waals surface area contributed by atoms with E-state index in [2.05, 4.69) is 6.58 Å². The first-order chi connectivity index (χ1) is 8.70. The largest absolute Gasteiger partial charge is 0.486 e. The fourth-order valence-electron chi connectivity index (χ4n) is 1.62. The van der Waals surface area contributed by atoms with Crippen LogP contribution in [0.1, 0.15) is 23.2 Å². The molecular formula is C15H16O3. The molecular weight excluding hydrogens is 228 g/mol. The van der Waals surface area contributed by atoms with Crippen molar-refractivity contribution in [2.45, 2.75) is 19.6 Å². The lowest BCUT2D eigenvalue weighted by Gasteiger charge is -2.04. The number of aryl methyl sites for hydroxylation is 1. The Bertz CT molecular complexity index is 514. The van der Waals surface area contributed by atoms with E-state index in [0.29, 0.717) is 12.4 Å². The molecule has 18 heavy (non-hydrogen) atoms. The van der Waals surface area contributed by atoms with Crippen LogP contribution in [-0.2, 0) is 6.61 Å². The van der Waals surface area contributed by atoms with Crippen LogP contribution >= 0.6 is 0 Å². The summed E-state index contributed by atoms with van der Waals surface area (Å²) in [5, 5.41) is 9.60. The van der Waals surface area contributed by atoms with Gasteiger partial charge in [0, 0.05) is 0 Å². The van der Waals surface area contributed by atoms with Crippen molar-refractivity contribution in [1.29, 1.82) is 0 Å². The lowest BCUT2D eigenvalue weighted by Crippen LogP contribution is -1.95. The van der Waals surface area contributed by atoms with Crippen molar-refractivity contribution in [3.63, 3.8) is 0 Å². The minimum absolute atomic E-state index is 0.347. The molecule has 1 aromatic carbocycles. The molecule has 0 saturated carbocycles. The van der Waals surface area contributed by atoms with E-state index in [-0.39, 0.29) is 0 Å². The molecule has 0 aliphatic carbocycles. The molecule has 0 aliphatic rings. The maximum atomic E-state index is 9.60. The Kier molecular flexibility index (Phi) is 3.85. The predicted molar refractivity (Wildman–Crippen MR) is 69.4 cm³/mol. The van der Waals surface area contributed by atoms with E-state index in [9.17, 15) is 5.11 Å². The van der Waals surface area contributed by atoms with Crippen molar-refractivity contribution in [2.75, 3.05) is 0 Å². The number of hydrogen-bond donors (Lipinski definition) is 1. The first-order valence-corrected chi connectivity index (χ1v) is 5.78. The van der Waals surface area contributed by atoms with Crippen LogP contribution in [0.25, 0.3) is 0 Å². The Hall–Kier alpha value is -2.00. The third-order valence-corrected chi connectivity index (χ3v) is 2.67. The van der Waals surface area contributed by atoms with Crippen molar-refractivity contribution >= 4 is 0 Å². The minimum atomic E-state index is -0.769. The van der Waals surface area contributed by atoms with Gasteiger partial charge in [-0.15, -0.1) is 6.58 Å². The number of furan rings is 1. The first-order valence-electron chi connectivity index (χ1n) is 5.78. The van der Waals surface area contributed by atoms with Gasteiger partial charge in [0.25, 0.3) is 0 Å². The van der Waals surface area contributed by atoms with Crippen LogP contribution < -0.4 is 4.74 Å². The Labute approximate surface area is 106 Å². The summed E-state index contributed by atoms with van der Waals surface area (Å²) < 4.78 is 11.1. The zero-order valence-electron chi connectivity index (χ0n) is 10.3. The molecule has 2 aromatic rings. The molecule has 0 saturated heterocycles. The van der Waals surface area contributed by atoms with E-state index >= 15 is 0 Å². The second kappa shape index (κ2) is 5.56. The van der Waals surface area contributed by atoms with Gasteiger partial charge in [0.1, 0.15) is 30.0 Å². The van der Waals surface area contributed by atoms with Gasteiger partial charge in [0.15, 0.2) is 0 Å². The summed E-state index contributed by atoms with van der Waals surface area (Å²) in [7, 11) is 0. The molecule has 1 atom stereocenters. The number of aliphatic hydroxyl groups is 1. The van der Waals surface area contributed by atoms with Crippen molar-refractivity contribution in [3.8, 4) is 5.75 Å². The van der Waals surface area contributed by atoms with Crippen LogP contribution in [0, 0.1) is 6.92 Å². The number of para-hydroxylation sites is 1. The molecule has 2 rings (SSSR count). The zero-order valence-corrected chi connectivity index (χ0v) is 10.3. The average Bonchev–Trinajstić information content (AvgIpc) is 2.78. The summed E-state index contributed by atoms with van der Waals surface area (Å²) in [6, 6.07) is 11.3. The summed E-state index contributed by atoms with van der Waals surface area (Å²) >= 11 is 0. The summed E-state index contributed by atoms with van der Waals surface area (Å²) in [5.41, 5.74) is 0.960. The summed E-state index contributed by atoms with van der Waals surface area (Å²) in [4.78, 5) is 0. The van der Waals surface area contributed by atoms with Gasteiger partial charge >= 0.3 is 0 Å². The highest BCUT2D eigenvalue weighted by Gasteiger charge is 2.12. The van der Waals surface area contributed by atoms with Gasteiger partial charge in [-0.25, -0.2) is 0 Å². The Morgan fingerprint density at radius 2 is 2.11 bits per heavy atom. The highest BCUT2D eigenvalue weighted by atomic mass is 16.5. The van der Waals surface area contributed by atoms with Crippen molar-refractivity contribution < 1.29 is 14.3 Å². The standard InChI is InChI=1S/C15H16O3/c1-3-13(16)14-9-11(2)15(18-14)10-17-12-7-5-4-6-8-12/h3-9,13,16H,1,10H2,2H3. The van der Waals surface area contributed by atoms with Crippen LogP contribution in [0.3, 0.4) is 0 Å². The van der Waals surface area contributed by atoms with Gasteiger partial charge in [-0.2, -0.15) is 0 Å². The van der Waals surface area contributed by atoms with E-state index in [0.717, 1.165) is 17.1 Å². The zero-order chi connectivity index (χ0) is 13.0. The Morgan fingerprint density at radius 1 is 1.39 bits per heavy atom. The summed E-state index contributed by atoms with van der Waals surface area (Å²) in [6.07, 6.45) is 0.661. The number of benzene rings is 1. The van der Waals surface area contributed by atoms with Crippen molar-refractivity contribution in [3.05, 3.63) is 66.1 Å². The second-order valence-electron chi connectivity index (χ2n) is 4.04. The third kappa shape index (κ3) is 2.81. The lowest BCUT2D eigenvalue weighted by molar-refractivity contribution is 0.186. The molecule has 3 heteroatoms. The smallest absolute Gasteiger partial charge is 0.146 e. The normalized spacial score (nSPS) is 12.1.